The van der Waals surface area contributed by atoms with Gasteiger partial charge < -0.3 is 59.1 Å². The Bertz CT molecular complexity index is 3760. The number of carbonyl (C=O) groups is 7. The van der Waals surface area contributed by atoms with Gasteiger partial charge in [-0.15, -0.1) is 0 Å². The Morgan fingerprint density at radius 1 is 0.611 bits per heavy atom. The third-order valence-electron chi connectivity index (χ3n) is 17.6. The van der Waals surface area contributed by atoms with Crippen LogP contribution in [0.25, 0.3) is 16.7 Å². The highest BCUT2D eigenvalue weighted by Crippen LogP contribution is 2.46. The van der Waals surface area contributed by atoms with E-state index in [1.54, 1.807) is 57.3 Å². The van der Waals surface area contributed by atoms with E-state index >= 15 is 0 Å². The molecule has 7 amide bonds. The number of hydrogen-bond donors (Lipinski definition) is 4. The summed E-state index contributed by atoms with van der Waals surface area (Å²) in [5.41, 5.74) is 7.27. The van der Waals surface area contributed by atoms with Crippen LogP contribution in [0.4, 0.5) is 21.9 Å². The second-order valence-corrected chi connectivity index (χ2v) is 38.5. The molecule has 0 radical (unpaired) electrons. The molecule has 0 fully saturated rings. The summed E-state index contributed by atoms with van der Waals surface area (Å²) in [5, 5.41) is 18.7. The number of amides is 7. The highest BCUT2D eigenvalue weighted by Gasteiger charge is 2.45. The largest absolute Gasteiger partial charge is 0.511 e. The number of alkyl carbamates (subject to hydrolysis) is 1. The SMILES string of the molecule is COc1cc2c(cc1OCCCOc1cc3c(cc1OC)C(=O)N1C=C(O)C[C@H]1C(=O)N3COCC[Si](C)(C)C)N(COCC[Si](C)(C)C)C(=O)C1CCC(c3ccc(NC(=O)[C@H](C)NC(=O)[C@@H](NC(=O)OCC4c5ccccc5-c5ccccc54)C(C)C)cc3)=CN1C2=O. The second-order valence-electron chi connectivity index (χ2n) is 27.3. The summed E-state index contributed by atoms with van der Waals surface area (Å²) in [6, 6.07) is 27.4. The highest BCUT2D eigenvalue weighted by atomic mass is 28.3. The number of fused-ring (bicyclic) bond motifs is 7. The predicted octanol–water partition coefficient (Wildman–Crippen LogP) is 11.1. The van der Waals surface area contributed by atoms with Gasteiger partial charge in [0.1, 0.15) is 50.0 Å². The van der Waals surface area contributed by atoms with Gasteiger partial charge in [0.2, 0.25) is 11.8 Å². The normalized spacial score (nSPS) is 17.4. The van der Waals surface area contributed by atoms with Crippen LogP contribution in [0.1, 0.15) is 89.8 Å². The quantitative estimate of drug-likeness (QED) is 0.0282. The van der Waals surface area contributed by atoms with Gasteiger partial charge in [-0.25, -0.2) is 4.79 Å². The van der Waals surface area contributed by atoms with Crippen molar-refractivity contribution in [3.05, 3.63) is 143 Å². The van der Waals surface area contributed by atoms with Gasteiger partial charge in [-0.1, -0.05) is 114 Å². The molecule has 22 nitrogen and oxygen atoms in total. The van der Waals surface area contributed by atoms with E-state index in [9.17, 15) is 38.7 Å². The Balaban J connectivity index is 0.790. The number of aliphatic hydroxyl groups is 1. The van der Waals surface area contributed by atoms with Crippen molar-refractivity contribution in [1.29, 1.82) is 0 Å². The van der Waals surface area contributed by atoms with Gasteiger partial charge in [-0.05, 0) is 95.4 Å². The van der Waals surface area contributed by atoms with Crippen LogP contribution in [-0.4, -0.2) is 157 Å². The fourth-order valence-corrected chi connectivity index (χ4v) is 13.7. The molecule has 1 unspecified atom stereocenters. The van der Waals surface area contributed by atoms with Crippen LogP contribution in [0.2, 0.25) is 51.4 Å². The average Bonchev–Trinajstić information content (AvgIpc) is 1.65. The van der Waals surface area contributed by atoms with E-state index in [2.05, 4.69) is 67.4 Å². The van der Waals surface area contributed by atoms with Crippen molar-refractivity contribution in [3.63, 3.8) is 0 Å². The van der Waals surface area contributed by atoms with Crippen LogP contribution in [0.5, 0.6) is 23.0 Å². The molecule has 4 atom stereocenters. The number of aliphatic hydroxyl groups excluding tert-OH is 1. The van der Waals surface area contributed by atoms with E-state index in [0.29, 0.717) is 43.9 Å². The topological polar surface area (TPSA) is 253 Å². The van der Waals surface area contributed by atoms with Gasteiger partial charge in [-0.2, -0.15) is 0 Å². The van der Waals surface area contributed by atoms with Gasteiger partial charge in [0.25, 0.3) is 23.6 Å². The zero-order chi connectivity index (χ0) is 68.0. The number of allylic oxidation sites excluding steroid dienone is 1. The van der Waals surface area contributed by atoms with Crippen molar-refractivity contribution in [3.8, 4) is 34.1 Å². The standard InChI is InChI=1S/C71H87N7O15Si2/c1-43(2)64(74-71(86)93-40-55-51-19-14-12-17-49(51)50-18-13-15-20-52(50)55)66(81)72-44(3)65(80)73-47-24-21-45(22-25-47)46-23-26-56-69(84)77(41-89-29-31-94(6,7)8)57-36-62(60(87-4)34-53(57)67(82)75(56)38-46)91-27-16-28-92-63-37-58-54(35-61(63)88-5)68(83)76-39-48(79)33-59(76)70(85)78(58)42-90-30-32-95(9,10)11/h12-15,17-22,24-25,34-39,43-44,55-56,59,64,79H,16,23,26-33,40-42H2,1-11H3,(H,72,81)(H,73,80)(H,74,86)/t44-,56?,59-,64-/m0/s1. The van der Waals surface area contributed by atoms with Crippen LogP contribution in [0, 0.1) is 5.92 Å². The molecule has 10 rings (SSSR count). The smallest absolute Gasteiger partial charge is 0.407 e. The first-order chi connectivity index (χ1) is 45.3. The second kappa shape index (κ2) is 29.3. The zero-order valence-corrected chi connectivity index (χ0v) is 58.0. The maximum absolute atomic E-state index is 15.0. The number of ether oxygens (including phenoxy) is 7. The molecular formula is C71H87N7O15Si2. The molecule has 95 heavy (non-hydrogen) atoms. The molecule has 0 spiro atoms. The number of carbonyl (C=O) groups excluding carboxylic acids is 7. The Morgan fingerprint density at radius 3 is 1.64 bits per heavy atom. The molecule has 4 N–H and O–H groups in total. The van der Waals surface area contributed by atoms with Crippen molar-refractivity contribution in [2.45, 2.75) is 128 Å². The van der Waals surface area contributed by atoms with Crippen molar-refractivity contribution in [2.24, 2.45) is 5.92 Å². The van der Waals surface area contributed by atoms with E-state index < -0.39 is 75.9 Å². The van der Waals surface area contributed by atoms with Gasteiger partial charge in [-0.3, -0.25) is 43.5 Å². The minimum Gasteiger partial charge on any atom is -0.511 e. The van der Waals surface area contributed by atoms with Gasteiger partial charge in [0.15, 0.2) is 23.0 Å². The lowest BCUT2D eigenvalue weighted by atomic mass is 9.94. The Kier molecular flexibility index (Phi) is 21.3. The van der Waals surface area contributed by atoms with Crippen molar-refractivity contribution >= 4 is 80.3 Å². The van der Waals surface area contributed by atoms with Gasteiger partial charge >= 0.3 is 6.09 Å². The van der Waals surface area contributed by atoms with Gasteiger partial charge in [0.05, 0.1) is 49.9 Å². The molecule has 1 aliphatic carbocycles. The fraction of sp³-hybridized carbons (Fsp3) is 0.423. The lowest BCUT2D eigenvalue weighted by molar-refractivity contribution is -0.128. The minimum atomic E-state index is -1.53. The van der Waals surface area contributed by atoms with E-state index in [1.165, 1.54) is 46.1 Å². The lowest BCUT2D eigenvalue weighted by Crippen LogP contribution is -2.53. The minimum absolute atomic E-state index is 0.0262. The summed E-state index contributed by atoms with van der Waals surface area (Å²) in [5.74, 6) is -2.22. The van der Waals surface area contributed by atoms with Crippen LogP contribution in [-0.2, 0) is 33.4 Å². The summed E-state index contributed by atoms with van der Waals surface area (Å²) < 4.78 is 42.3. The monoisotopic (exact) mass is 1330 g/mol. The van der Waals surface area contributed by atoms with Crippen LogP contribution < -0.4 is 44.7 Å². The molecule has 5 aromatic carbocycles. The summed E-state index contributed by atoms with van der Waals surface area (Å²) in [6.45, 7) is 19.4. The molecule has 0 aromatic heterocycles. The Labute approximate surface area is 556 Å². The third kappa shape index (κ3) is 15.7. The molecule has 504 valence electrons. The maximum Gasteiger partial charge on any atom is 0.407 e. The van der Waals surface area contributed by atoms with Crippen molar-refractivity contribution in [1.82, 2.24) is 20.4 Å². The summed E-state index contributed by atoms with van der Waals surface area (Å²) in [6.07, 6.45) is 3.29. The number of nitrogens with one attached hydrogen (secondary N) is 3. The first-order valence-corrected chi connectivity index (χ1v) is 39.8. The van der Waals surface area contributed by atoms with Crippen LogP contribution >= 0.6 is 0 Å². The number of anilines is 3. The van der Waals surface area contributed by atoms with Crippen LogP contribution in [0.15, 0.2) is 115 Å². The summed E-state index contributed by atoms with van der Waals surface area (Å²) in [7, 11) is -0.0824. The molecular weight excluding hydrogens is 1250 g/mol. The molecule has 5 aromatic rings. The first-order valence-electron chi connectivity index (χ1n) is 32.4. The van der Waals surface area contributed by atoms with E-state index in [1.807, 2.05) is 48.5 Å². The molecule has 4 heterocycles. The number of hydrogen-bond acceptors (Lipinski definition) is 15. The Hall–Kier alpha value is -8.98. The molecule has 5 aliphatic rings. The maximum atomic E-state index is 15.0. The summed E-state index contributed by atoms with van der Waals surface area (Å²) in [4.78, 5) is 104. The predicted molar refractivity (Wildman–Crippen MR) is 366 cm³/mol. The average molecular weight is 1330 g/mol. The molecule has 0 saturated heterocycles. The Morgan fingerprint density at radius 2 is 1.13 bits per heavy atom. The van der Waals surface area contributed by atoms with Crippen molar-refractivity contribution in [2.75, 3.05) is 75.8 Å². The fourth-order valence-electron chi connectivity index (χ4n) is 12.2. The van der Waals surface area contributed by atoms with Crippen LogP contribution in [0.3, 0.4) is 0 Å². The van der Waals surface area contributed by atoms with E-state index in [4.69, 9.17) is 33.2 Å². The first kappa shape index (κ1) is 68.9. The third-order valence-corrected chi connectivity index (χ3v) is 21.0. The highest BCUT2D eigenvalue weighted by molar-refractivity contribution is 6.76. The number of methoxy groups -OCH3 is 2. The van der Waals surface area contributed by atoms with Crippen molar-refractivity contribution < 1.29 is 71.8 Å². The molecule has 24 heteroatoms. The molecule has 0 saturated carbocycles. The zero-order valence-electron chi connectivity index (χ0n) is 56.0. The summed E-state index contributed by atoms with van der Waals surface area (Å²) >= 11 is 0. The van der Waals surface area contributed by atoms with E-state index in [-0.39, 0.29) is 103 Å². The van der Waals surface area contributed by atoms with Gasteiger partial charge in [0, 0.05) is 78.3 Å². The lowest BCUT2D eigenvalue weighted by Gasteiger charge is -2.33. The van der Waals surface area contributed by atoms with E-state index in [0.717, 1.165) is 45.5 Å². The number of rotatable bonds is 27. The molecule has 4 aliphatic heterocycles. The number of nitrogens with zero attached hydrogens (tertiary/aromatic N) is 4. The number of benzene rings is 5. The molecule has 0 bridgehead atoms.